The maximum absolute atomic E-state index is 11.9. The van der Waals surface area contributed by atoms with Crippen molar-refractivity contribution in [3.63, 3.8) is 0 Å². The summed E-state index contributed by atoms with van der Waals surface area (Å²) in [6.45, 7) is 13.9. The predicted octanol–water partition coefficient (Wildman–Crippen LogP) is 4.74. The molecule has 1 unspecified atom stereocenters. The van der Waals surface area contributed by atoms with Gasteiger partial charge in [0.25, 0.3) is 0 Å². The molecule has 154 valence electrons. The van der Waals surface area contributed by atoms with Gasteiger partial charge >= 0.3 is 0 Å². The first-order chi connectivity index (χ1) is 13.1. The molecule has 0 bridgehead atoms. The average molecular weight is 406 g/mol. The summed E-state index contributed by atoms with van der Waals surface area (Å²) in [6, 6.07) is 3.76. The molecule has 1 aromatic heterocycles. The summed E-state index contributed by atoms with van der Waals surface area (Å²) in [5, 5.41) is 4.57. The van der Waals surface area contributed by atoms with Crippen molar-refractivity contribution in [1.29, 1.82) is 0 Å². The fraction of sp³-hybridized carbons (Fsp3) is 0.619. The van der Waals surface area contributed by atoms with Crippen molar-refractivity contribution in [2.45, 2.75) is 60.8 Å². The third kappa shape index (κ3) is 5.99. The smallest absolute Gasteiger partial charge is 0.225 e. The van der Waals surface area contributed by atoms with Gasteiger partial charge in [-0.05, 0) is 41.8 Å². The van der Waals surface area contributed by atoms with Gasteiger partial charge in [0.2, 0.25) is 5.91 Å². The van der Waals surface area contributed by atoms with Gasteiger partial charge in [-0.25, -0.2) is 4.98 Å². The van der Waals surface area contributed by atoms with Crippen LogP contribution in [-0.2, 0) is 4.79 Å². The SMILES string of the molecule is CCCN(C(C)=O)c1nc2cc(OCCC(C)CC(C)(C)C)c(N=[NH2+])cc2s1. The molecule has 1 aromatic carbocycles. The first kappa shape index (κ1) is 22.3. The first-order valence-corrected chi connectivity index (χ1v) is 10.7. The number of nitrogens with zero attached hydrogens (tertiary/aromatic N) is 3. The molecule has 0 aliphatic rings. The lowest BCUT2D eigenvalue weighted by molar-refractivity contribution is -0.210. The van der Waals surface area contributed by atoms with Crippen molar-refractivity contribution in [3.8, 4) is 5.75 Å². The number of ether oxygens (including phenoxy) is 1. The van der Waals surface area contributed by atoms with Gasteiger partial charge in [-0.2, -0.15) is 5.53 Å². The number of carbonyl (C=O) groups is 1. The van der Waals surface area contributed by atoms with Crippen molar-refractivity contribution >= 4 is 38.3 Å². The quantitative estimate of drug-likeness (QED) is 0.612. The molecule has 0 radical (unpaired) electrons. The van der Waals surface area contributed by atoms with E-state index in [4.69, 9.17) is 10.3 Å². The normalized spacial score (nSPS) is 12.8. The highest BCUT2D eigenvalue weighted by Gasteiger charge is 2.19. The molecule has 0 saturated heterocycles. The van der Waals surface area contributed by atoms with E-state index in [0.29, 0.717) is 41.1 Å². The van der Waals surface area contributed by atoms with Crippen molar-refractivity contribution < 1.29 is 15.1 Å². The molecule has 2 N–H and O–H groups in total. The largest absolute Gasteiger partial charge is 0.491 e. The third-order valence-electron chi connectivity index (χ3n) is 4.48. The molecule has 6 nitrogen and oxygen atoms in total. The van der Waals surface area contributed by atoms with Gasteiger partial charge in [0, 0.05) is 19.5 Å². The Kier molecular flexibility index (Phi) is 7.52. The second-order valence-electron chi connectivity index (χ2n) is 8.59. The minimum Gasteiger partial charge on any atom is -0.491 e. The monoisotopic (exact) mass is 405 g/mol. The van der Waals surface area contributed by atoms with Crippen LogP contribution in [0, 0.1) is 11.3 Å². The number of anilines is 1. The van der Waals surface area contributed by atoms with E-state index in [2.05, 4.69) is 37.8 Å². The van der Waals surface area contributed by atoms with E-state index in [0.717, 1.165) is 29.5 Å². The van der Waals surface area contributed by atoms with Crippen LogP contribution >= 0.6 is 11.3 Å². The van der Waals surface area contributed by atoms with E-state index in [9.17, 15) is 4.79 Å². The number of nitrogens with two attached hydrogens (primary N) is 1. The Labute approximate surface area is 171 Å². The Balaban J connectivity index is 2.17. The minimum absolute atomic E-state index is 0.00560. The van der Waals surface area contributed by atoms with Crippen LogP contribution in [0.2, 0.25) is 0 Å². The summed E-state index contributed by atoms with van der Waals surface area (Å²) in [5.74, 6) is 1.21. The summed E-state index contributed by atoms with van der Waals surface area (Å²) in [4.78, 5) is 18.3. The van der Waals surface area contributed by atoms with Crippen LogP contribution in [0.4, 0.5) is 10.8 Å². The van der Waals surface area contributed by atoms with Crippen molar-refractivity contribution in [1.82, 2.24) is 4.98 Å². The first-order valence-electron chi connectivity index (χ1n) is 9.91. The molecule has 1 heterocycles. The van der Waals surface area contributed by atoms with E-state index in [1.165, 1.54) is 11.3 Å². The van der Waals surface area contributed by atoms with E-state index in [-0.39, 0.29) is 5.91 Å². The van der Waals surface area contributed by atoms with E-state index < -0.39 is 0 Å². The van der Waals surface area contributed by atoms with Crippen molar-refractivity contribution in [3.05, 3.63) is 12.1 Å². The highest BCUT2D eigenvalue weighted by Crippen LogP contribution is 2.37. The summed E-state index contributed by atoms with van der Waals surface area (Å²) in [5.41, 5.74) is 7.30. The van der Waals surface area contributed by atoms with Crippen LogP contribution in [0.15, 0.2) is 17.2 Å². The molecule has 0 aliphatic carbocycles. The van der Waals surface area contributed by atoms with Crippen LogP contribution in [0.3, 0.4) is 0 Å². The molecular formula is C21H33N4O2S+. The molecule has 0 saturated carbocycles. The predicted molar refractivity (Wildman–Crippen MR) is 115 cm³/mol. The number of thiazole rings is 1. The highest BCUT2D eigenvalue weighted by molar-refractivity contribution is 7.22. The van der Waals surface area contributed by atoms with Crippen molar-refractivity contribution in [2.24, 2.45) is 16.4 Å². The number of benzene rings is 1. The van der Waals surface area contributed by atoms with Gasteiger partial charge in [-0.15, -0.1) is 0 Å². The Morgan fingerprint density at radius 3 is 2.68 bits per heavy atom. The van der Waals surface area contributed by atoms with Crippen molar-refractivity contribution in [2.75, 3.05) is 18.1 Å². The van der Waals surface area contributed by atoms with Crippen LogP contribution in [-0.4, -0.2) is 24.0 Å². The number of carbonyl (C=O) groups excluding carboxylic acids is 1. The van der Waals surface area contributed by atoms with E-state index in [1.807, 2.05) is 19.1 Å². The summed E-state index contributed by atoms with van der Waals surface area (Å²) in [7, 11) is 0. The van der Waals surface area contributed by atoms with Crippen LogP contribution in [0.1, 0.15) is 60.8 Å². The van der Waals surface area contributed by atoms with Crippen LogP contribution < -0.4 is 15.2 Å². The molecule has 0 fully saturated rings. The number of aromatic nitrogens is 1. The zero-order chi connectivity index (χ0) is 20.9. The molecule has 28 heavy (non-hydrogen) atoms. The fourth-order valence-corrected chi connectivity index (χ4v) is 4.44. The minimum atomic E-state index is -0.00560. The fourth-order valence-electron chi connectivity index (χ4n) is 3.39. The second-order valence-corrected chi connectivity index (χ2v) is 9.60. The maximum Gasteiger partial charge on any atom is 0.225 e. The highest BCUT2D eigenvalue weighted by atomic mass is 32.1. The Hall–Kier alpha value is -2.02. The van der Waals surface area contributed by atoms with Gasteiger partial charge in [-0.3, -0.25) is 9.69 Å². The lowest BCUT2D eigenvalue weighted by Crippen LogP contribution is -2.28. The lowest BCUT2D eigenvalue weighted by Gasteiger charge is -2.23. The molecule has 1 amide bonds. The summed E-state index contributed by atoms with van der Waals surface area (Å²) >= 11 is 1.47. The van der Waals surface area contributed by atoms with Gasteiger partial charge in [0.1, 0.15) is 0 Å². The van der Waals surface area contributed by atoms with Crippen LogP contribution in [0.25, 0.3) is 10.2 Å². The Bertz CT molecular complexity index is 826. The number of rotatable bonds is 9. The standard InChI is InChI=1S/C21H32N4O2S/c1-7-9-25(15(3)26)20-23-17-11-18(16(24-22)12-19(17)28-20)27-10-8-14(2)13-21(4,5)6/h11-12,14,22H,7-10,13H2,1-6H3/p+1. The molecule has 2 rings (SSSR count). The zero-order valence-corrected chi connectivity index (χ0v) is 18.7. The van der Waals surface area contributed by atoms with E-state index >= 15 is 0 Å². The molecule has 1 atom stereocenters. The topological polar surface area (TPSA) is 80.4 Å². The van der Waals surface area contributed by atoms with Gasteiger partial charge in [-0.1, -0.05) is 46.0 Å². The van der Waals surface area contributed by atoms with Crippen LogP contribution in [0.5, 0.6) is 5.75 Å². The van der Waals surface area contributed by atoms with Gasteiger partial charge in [0.05, 0.1) is 16.8 Å². The molecule has 7 heteroatoms. The van der Waals surface area contributed by atoms with Gasteiger partial charge < -0.3 is 4.74 Å². The third-order valence-corrected chi connectivity index (χ3v) is 5.53. The summed E-state index contributed by atoms with van der Waals surface area (Å²) < 4.78 is 6.94. The lowest BCUT2D eigenvalue weighted by atomic mass is 9.84. The Morgan fingerprint density at radius 1 is 1.39 bits per heavy atom. The number of hydrogen-bond donors (Lipinski definition) is 1. The van der Waals surface area contributed by atoms with Gasteiger partial charge in [0.15, 0.2) is 16.6 Å². The maximum atomic E-state index is 11.9. The average Bonchev–Trinajstić information content (AvgIpc) is 2.99. The summed E-state index contributed by atoms with van der Waals surface area (Å²) in [6.07, 6.45) is 2.99. The second kappa shape index (κ2) is 9.45. The molecule has 0 aliphatic heterocycles. The molecule has 2 aromatic rings. The number of fused-ring (bicyclic) bond motifs is 1. The zero-order valence-electron chi connectivity index (χ0n) is 17.9. The Morgan fingerprint density at radius 2 is 2.11 bits per heavy atom. The number of amides is 1. The van der Waals surface area contributed by atoms with E-state index in [1.54, 1.807) is 11.8 Å². The molecular weight excluding hydrogens is 372 g/mol. The number of hydrogen-bond acceptors (Lipinski definition) is 5. The molecule has 0 spiro atoms.